The fraction of sp³-hybridized carbons (Fsp3) is 0.111. The van der Waals surface area contributed by atoms with Crippen molar-refractivity contribution in [1.29, 1.82) is 0 Å². The summed E-state index contributed by atoms with van der Waals surface area (Å²) in [7, 11) is 1.80. The lowest BCUT2D eigenvalue weighted by molar-refractivity contribution is 1.19. The molecule has 1 aromatic carbocycles. The lowest BCUT2D eigenvalue weighted by Crippen LogP contribution is -1.95. The number of fused-ring (bicyclic) bond motifs is 1. The highest BCUT2D eigenvalue weighted by Gasteiger charge is 2.00. The zero-order valence-corrected chi connectivity index (χ0v) is 8.67. The number of aromatic nitrogens is 2. The highest BCUT2D eigenvalue weighted by atomic mass is 79.9. The van der Waals surface area contributed by atoms with Gasteiger partial charge in [-0.2, -0.15) is 0 Å². The Morgan fingerprint density at radius 1 is 1.38 bits per heavy atom. The minimum absolute atomic E-state index is 0.638. The largest absolute Gasteiger partial charge is 0.357 e. The molecule has 0 bridgehead atoms. The topological polar surface area (TPSA) is 37.8 Å². The molecule has 4 heteroatoms. The van der Waals surface area contributed by atoms with E-state index in [9.17, 15) is 0 Å². The fourth-order valence-electron chi connectivity index (χ4n) is 1.14. The number of rotatable bonds is 1. The van der Waals surface area contributed by atoms with E-state index in [0.29, 0.717) is 5.95 Å². The number of nitrogens with zero attached hydrogens (tertiary/aromatic N) is 2. The molecule has 0 radical (unpaired) electrons. The van der Waals surface area contributed by atoms with Crippen molar-refractivity contribution in [2.45, 2.75) is 0 Å². The molecule has 13 heavy (non-hydrogen) atoms. The lowest BCUT2D eigenvalue weighted by Gasteiger charge is -2.01. The van der Waals surface area contributed by atoms with Crippen molar-refractivity contribution in [3.05, 3.63) is 28.9 Å². The zero-order valence-electron chi connectivity index (χ0n) is 7.08. The van der Waals surface area contributed by atoms with Crippen molar-refractivity contribution in [1.82, 2.24) is 9.97 Å². The quantitative estimate of drug-likeness (QED) is 0.829. The fourth-order valence-corrected chi connectivity index (χ4v) is 1.61. The number of halogens is 1. The first-order valence-corrected chi connectivity index (χ1v) is 4.69. The van der Waals surface area contributed by atoms with Crippen LogP contribution in [0.5, 0.6) is 0 Å². The first-order chi connectivity index (χ1) is 6.31. The minimum atomic E-state index is 0.638. The molecule has 0 atom stereocenters. The molecule has 0 aliphatic rings. The van der Waals surface area contributed by atoms with Gasteiger partial charge in [-0.15, -0.1) is 0 Å². The molecule has 0 saturated heterocycles. The predicted octanol–water partition coefficient (Wildman–Crippen LogP) is 2.43. The SMILES string of the molecule is CNc1ncc2cccc(Br)c2n1. The Bertz CT molecular complexity index is 442. The van der Waals surface area contributed by atoms with Gasteiger partial charge in [0.25, 0.3) is 0 Å². The van der Waals surface area contributed by atoms with Crippen molar-refractivity contribution < 1.29 is 0 Å². The van der Waals surface area contributed by atoms with E-state index in [2.05, 4.69) is 31.2 Å². The first-order valence-electron chi connectivity index (χ1n) is 3.90. The van der Waals surface area contributed by atoms with Crippen LogP contribution >= 0.6 is 15.9 Å². The summed E-state index contributed by atoms with van der Waals surface area (Å²) in [6.45, 7) is 0. The maximum Gasteiger partial charge on any atom is 0.222 e. The molecule has 0 aliphatic heterocycles. The summed E-state index contributed by atoms with van der Waals surface area (Å²) in [6, 6.07) is 5.92. The molecule has 0 fully saturated rings. The normalized spacial score (nSPS) is 10.3. The summed E-state index contributed by atoms with van der Waals surface area (Å²) in [5, 5.41) is 3.94. The molecule has 1 aromatic heterocycles. The average Bonchev–Trinajstić information content (AvgIpc) is 2.18. The maximum atomic E-state index is 4.32. The Morgan fingerprint density at radius 3 is 3.00 bits per heavy atom. The van der Waals surface area contributed by atoms with Crippen molar-refractivity contribution in [3.63, 3.8) is 0 Å². The van der Waals surface area contributed by atoms with Crippen LogP contribution in [0.25, 0.3) is 10.9 Å². The molecule has 1 heterocycles. The van der Waals surface area contributed by atoms with Crippen LogP contribution in [0, 0.1) is 0 Å². The van der Waals surface area contributed by atoms with Gasteiger partial charge in [0.1, 0.15) is 0 Å². The van der Waals surface area contributed by atoms with Crippen molar-refractivity contribution in [2.75, 3.05) is 12.4 Å². The zero-order chi connectivity index (χ0) is 9.26. The van der Waals surface area contributed by atoms with Crippen molar-refractivity contribution in [3.8, 4) is 0 Å². The number of hydrogen-bond acceptors (Lipinski definition) is 3. The van der Waals surface area contributed by atoms with Gasteiger partial charge in [-0.25, -0.2) is 9.97 Å². The average molecular weight is 238 g/mol. The third kappa shape index (κ3) is 1.49. The van der Waals surface area contributed by atoms with Crippen LogP contribution < -0.4 is 5.32 Å². The van der Waals surface area contributed by atoms with Crippen LogP contribution in [0.3, 0.4) is 0 Å². The summed E-state index contributed by atoms with van der Waals surface area (Å²) >= 11 is 3.44. The Balaban J connectivity index is 2.74. The standard InChI is InChI=1S/C9H8BrN3/c1-11-9-12-5-6-3-2-4-7(10)8(6)13-9/h2-5H,1H3,(H,11,12,13). The number of para-hydroxylation sites is 1. The van der Waals surface area contributed by atoms with Crippen LogP contribution in [-0.2, 0) is 0 Å². The van der Waals surface area contributed by atoms with Gasteiger partial charge in [-0.3, -0.25) is 0 Å². The van der Waals surface area contributed by atoms with Crippen molar-refractivity contribution >= 4 is 32.8 Å². The van der Waals surface area contributed by atoms with Crippen LogP contribution in [0.2, 0.25) is 0 Å². The number of hydrogen-bond donors (Lipinski definition) is 1. The molecule has 66 valence electrons. The summed E-state index contributed by atoms with van der Waals surface area (Å²) in [5.41, 5.74) is 0.932. The predicted molar refractivity (Wildman–Crippen MR) is 56.8 cm³/mol. The summed E-state index contributed by atoms with van der Waals surface area (Å²) in [4.78, 5) is 8.45. The Kier molecular flexibility index (Phi) is 2.14. The molecule has 1 N–H and O–H groups in total. The molecule has 0 spiro atoms. The lowest BCUT2D eigenvalue weighted by atomic mass is 10.2. The number of benzene rings is 1. The molecule has 0 unspecified atom stereocenters. The van der Waals surface area contributed by atoms with E-state index < -0.39 is 0 Å². The van der Waals surface area contributed by atoms with E-state index in [4.69, 9.17) is 0 Å². The molecule has 2 aromatic rings. The van der Waals surface area contributed by atoms with Crippen LogP contribution in [0.4, 0.5) is 5.95 Å². The molecule has 3 nitrogen and oxygen atoms in total. The van der Waals surface area contributed by atoms with Crippen molar-refractivity contribution in [2.24, 2.45) is 0 Å². The first kappa shape index (κ1) is 8.44. The Labute approximate surface area is 84.3 Å². The van der Waals surface area contributed by atoms with E-state index in [1.807, 2.05) is 18.2 Å². The van der Waals surface area contributed by atoms with Gasteiger partial charge in [-0.1, -0.05) is 12.1 Å². The van der Waals surface area contributed by atoms with Gasteiger partial charge < -0.3 is 5.32 Å². The third-order valence-electron chi connectivity index (χ3n) is 1.79. The monoisotopic (exact) mass is 237 g/mol. The van der Waals surface area contributed by atoms with Gasteiger partial charge in [0.05, 0.1) is 5.52 Å². The van der Waals surface area contributed by atoms with E-state index in [-0.39, 0.29) is 0 Å². The third-order valence-corrected chi connectivity index (χ3v) is 2.43. The van der Waals surface area contributed by atoms with E-state index in [0.717, 1.165) is 15.4 Å². The molecular weight excluding hydrogens is 230 g/mol. The summed E-state index contributed by atoms with van der Waals surface area (Å²) < 4.78 is 0.990. The summed E-state index contributed by atoms with van der Waals surface area (Å²) in [5.74, 6) is 0.638. The second-order valence-corrected chi connectivity index (χ2v) is 3.48. The van der Waals surface area contributed by atoms with E-state index in [1.54, 1.807) is 13.2 Å². The number of anilines is 1. The van der Waals surface area contributed by atoms with Crippen LogP contribution in [-0.4, -0.2) is 17.0 Å². The van der Waals surface area contributed by atoms with E-state index >= 15 is 0 Å². The van der Waals surface area contributed by atoms with Crippen LogP contribution in [0.1, 0.15) is 0 Å². The van der Waals surface area contributed by atoms with Gasteiger partial charge in [0.15, 0.2) is 0 Å². The van der Waals surface area contributed by atoms with Gasteiger partial charge >= 0.3 is 0 Å². The van der Waals surface area contributed by atoms with Gasteiger partial charge in [0.2, 0.25) is 5.95 Å². The molecule has 0 saturated carbocycles. The molecule has 0 aliphatic carbocycles. The highest BCUT2D eigenvalue weighted by molar-refractivity contribution is 9.10. The highest BCUT2D eigenvalue weighted by Crippen LogP contribution is 2.21. The van der Waals surface area contributed by atoms with Gasteiger partial charge in [-0.05, 0) is 22.0 Å². The Hall–Kier alpha value is -1.16. The number of nitrogens with one attached hydrogen (secondary N) is 1. The Morgan fingerprint density at radius 2 is 2.23 bits per heavy atom. The molecule has 0 amide bonds. The minimum Gasteiger partial charge on any atom is -0.357 e. The second kappa shape index (κ2) is 3.30. The van der Waals surface area contributed by atoms with Crippen LogP contribution in [0.15, 0.2) is 28.9 Å². The molecular formula is C9H8BrN3. The molecule has 2 rings (SSSR count). The maximum absolute atomic E-state index is 4.32. The second-order valence-electron chi connectivity index (χ2n) is 2.62. The van der Waals surface area contributed by atoms with E-state index in [1.165, 1.54) is 0 Å². The van der Waals surface area contributed by atoms with Gasteiger partial charge in [0, 0.05) is 23.1 Å². The summed E-state index contributed by atoms with van der Waals surface area (Å²) in [6.07, 6.45) is 1.80. The smallest absolute Gasteiger partial charge is 0.222 e.